The Labute approximate surface area is 247 Å². The van der Waals surface area contributed by atoms with Crippen LogP contribution in [0, 0.1) is 5.92 Å². The van der Waals surface area contributed by atoms with E-state index in [1.54, 1.807) is 72.8 Å². The Morgan fingerprint density at radius 2 is 1.32 bits per heavy atom. The van der Waals surface area contributed by atoms with E-state index in [4.69, 9.17) is 15.7 Å². The molecule has 4 aromatic rings. The van der Waals surface area contributed by atoms with Crippen LogP contribution in [0.3, 0.4) is 0 Å². The number of rotatable bonds is 1. The van der Waals surface area contributed by atoms with Gasteiger partial charge in [-0.15, -0.1) is 0 Å². The highest BCUT2D eigenvalue weighted by Crippen LogP contribution is 2.45. The van der Waals surface area contributed by atoms with E-state index in [9.17, 15) is 19.2 Å². The molecule has 0 fully saturated rings. The third-order valence-electron chi connectivity index (χ3n) is 8.21. The minimum absolute atomic E-state index is 0.0137. The first-order valence-electron chi connectivity index (χ1n) is 13.6. The number of hydrogen-bond acceptors (Lipinski definition) is 10. The molecule has 5 N–H and O–H groups in total. The summed E-state index contributed by atoms with van der Waals surface area (Å²) < 4.78 is 0. The van der Waals surface area contributed by atoms with Gasteiger partial charge in [-0.2, -0.15) is 9.98 Å². The molecule has 3 aromatic carbocycles. The third-order valence-corrected chi connectivity index (χ3v) is 8.21. The average Bonchev–Trinajstić information content (AvgIpc) is 3.65. The molecule has 0 radical (unpaired) electrons. The van der Waals surface area contributed by atoms with Gasteiger partial charge in [0.25, 0.3) is 23.6 Å². The summed E-state index contributed by atoms with van der Waals surface area (Å²) in [5, 5.41) is 8.96. The van der Waals surface area contributed by atoms with Gasteiger partial charge in [0, 0.05) is 0 Å². The normalized spacial score (nSPS) is 24.5. The van der Waals surface area contributed by atoms with E-state index in [1.807, 2.05) is 0 Å². The van der Waals surface area contributed by atoms with Gasteiger partial charge < -0.3 is 21.7 Å². The lowest BCUT2D eigenvalue weighted by molar-refractivity contribution is -0.135. The molecule has 0 bridgehead atoms. The van der Waals surface area contributed by atoms with E-state index >= 15 is 0 Å². The summed E-state index contributed by atoms with van der Waals surface area (Å²) in [5.74, 6) is -4.55. The summed E-state index contributed by atoms with van der Waals surface area (Å²) in [5.41, 5.74) is 7.66. The number of guanidine groups is 2. The average molecular weight is 583 g/mol. The lowest BCUT2D eigenvalue weighted by Gasteiger charge is -2.35. The van der Waals surface area contributed by atoms with Crippen LogP contribution < -0.4 is 31.5 Å². The molecule has 1 aromatic heterocycles. The van der Waals surface area contributed by atoms with Crippen LogP contribution in [0.5, 0.6) is 0 Å². The molecule has 212 valence electrons. The van der Waals surface area contributed by atoms with Gasteiger partial charge in [0.15, 0.2) is 11.6 Å². The van der Waals surface area contributed by atoms with Crippen LogP contribution in [0.1, 0.15) is 11.4 Å². The van der Waals surface area contributed by atoms with Gasteiger partial charge in [-0.3, -0.25) is 19.2 Å². The Kier molecular flexibility index (Phi) is 4.52. The number of hydrogen-bond donors (Lipinski definition) is 4. The molecule has 14 heteroatoms. The number of carbonyl (C=O) groups is 4. The van der Waals surface area contributed by atoms with Gasteiger partial charge in [0.1, 0.15) is 17.0 Å². The number of anilines is 4. The molecule has 2 unspecified atom stereocenters. The van der Waals surface area contributed by atoms with Crippen molar-refractivity contribution in [2.45, 2.75) is 5.66 Å². The lowest BCUT2D eigenvalue weighted by Crippen LogP contribution is -2.63. The van der Waals surface area contributed by atoms with Crippen molar-refractivity contribution < 1.29 is 19.2 Å². The molecule has 0 saturated carbocycles. The molecule has 6 heterocycles. The first-order valence-corrected chi connectivity index (χ1v) is 13.6. The fraction of sp³-hybridized carbons (Fsp3) is 0.0667. The molecule has 0 saturated heterocycles. The summed E-state index contributed by atoms with van der Waals surface area (Å²) in [6, 6.07) is 21.0. The summed E-state index contributed by atoms with van der Waals surface area (Å²) in [6.07, 6.45) is 0. The summed E-state index contributed by atoms with van der Waals surface area (Å²) in [7, 11) is 0. The van der Waals surface area contributed by atoms with Crippen LogP contribution in [0.15, 0.2) is 88.4 Å². The summed E-state index contributed by atoms with van der Waals surface area (Å²) in [6.45, 7) is 0. The summed E-state index contributed by atoms with van der Waals surface area (Å²) >= 11 is 0. The van der Waals surface area contributed by atoms with Gasteiger partial charge in [0.2, 0.25) is 11.9 Å². The third kappa shape index (κ3) is 3.00. The van der Waals surface area contributed by atoms with Gasteiger partial charge in [-0.25, -0.2) is 19.8 Å². The molecule has 5 aliphatic heterocycles. The Morgan fingerprint density at radius 1 is 0.727 bits per heavy atom. The maximum atomic E-state index is 14.2. The van der Waals surface area contributed by atoms with E-state index in [2.05, 4.69) is 25.9 Å². The first-order chi connectivity index (χ1) is 21.3. The van der Waals surface area contributed by atoms with Crippen molar-refractivity contribution in [3.05, 3.63) is 89.8 Å². The second kappa shape index (κ2) is 8.17. The molecular weight excluding hydrogens is 564 g/mol. The van der Waals surface area contributed by atoms with Gasteiger partial charge in [-0.05, 0) is 36.4 Å². The molecule has 5 aliphatic rings. The highest BCUT2D eigenvalue weighted by atomic mass is 16.2. The molecule has 0 spiro atoms. The van der Waals surface area contributed by atoms with Crippen LogP contribution in [0.2, 0.25) is 0 Å². The maximum Gasteiger partial charge on any atom is 0.288 e. The van der Waals surface area contributed by atoms with Crippen molar-refractivity contribution in [3.8, 4) is 0 Å². The molecule has 44 heavy (non-hydrogen) atoms. The zero-order valence-electron chi connectivity index (χ0n) is 22.4. The topological polar surface area (TPSA) is 187 Å². The smallest absolute Gasteiger partial charge is 0.288 e. The molecule has 14 nitrogen and oxygen atoms in total. The zero-order valence-corrected chi connectivity index (χ0v) is 22.4. The van der Waals surface area contributed by atoms with Crippen molar-refractivity contribution in [1.82, 2.24) is 15.3 Å². The number of aromatic nitrogens is 2. The Hall–Kier alpha value is -6.28. The second-order valence-electron chi connectivity index (χ2n) is 10.7. The monoisotopic (exact) mass is 582 g/mol. The van der Waals surface area contributed by atoms with Gasteiger partial charge >= 0.3 is 0 Å². The van der Waals surface area contributed by atoms with Crippen LogP contribution in [-0.4, -0.2) is 45.5 Å². The molecule has 0 aliphatic carbocycles. The number of fused-ring (bicyclic) bond motifs is 8. The Balaban J connectivity index is 1.25. The number of carbonyl (C=O) groups excluding carboxylic acids is 4. The second-order valence-corrected chi connectivity index (χ2v) is 10.7. The zero-order chi connectivity index (χ0) is 29.9. The van der Waals surface area contributed by atoms with Crippen molar-refractivity contribution in [1.29, 1.82) is 0 Å². The van der Waals surface area contributed by atoms with E-state index in [0.717, 1.165) is 0 Å². The minimum atomic E-state index is -2.04. The fourth-order valence-electron chi connectivity index (χ4n) is 6.25. The van der Waals surface area contributed by atoms with E-state index in [1.165, 1.54) is 9.80 Å². The number of amides is 4. The standard InChI is InChI=1S/C30H18N10O4/c31-30(20-25(42)37-29-35-16-10-4-6-12-18(16)40(29)27(20)44)23-22(32-13-7-1-2-8-14(13)33-23)21(38-30)19-24(41)36-28-34-15-9-3-5-11-17(15)39(28)26(19)43/h1-12,20,38H,31H2,(H,34,36,41)(H,35,37,42)/b21-19-. The predicted molar refractivity (Wildman–Crippen MR) is 159 cm³/mol. The maximum absolute atomic E-state index is 14.2. The molecule has 4 amide bonds. The number of benzene rings is 3. The summed E-state index contributed by atoms with van der Waals surface area (Å²) in [4.78, 5) is 75.7. The first kappa shape index (κ1) is 24.3. The van der Waals surface area contributed by atoms with Crippen LogP contribution in [0.4, 0.5) is 22.7 Å². The Morgan fingerprint density at radius 3 is 2.02 bits per heavy atom. The van der Waals surface area contributed by atoms with E-state index in [-0.39, 0.29) is 34.6 Å². The van der Waals surface area contributed by atoms with E-state index in [0.29, 0.717) is 33.8 Å². The van der Waals surface area contributed by atoms with Crippen LogP contribution in [0.25, 0.3) is 16.7 Å². The van der Waals surface area contributed by atoms with Gasteiger partial charge in [0.05, 0.1) is 39.5 Å². The number of nitrogens with two attached hydrogens (primary N) is 1. The number of nitrogens with one attached hydrogen (secondary N) is 3. The largest absolute Gasteiger partial charge is 0.359 e. The Bertz CT molecular complexity index is 2190. The lowest BCUT2D eigenvalue weighted by atomic mass is 9.88. The van der Waals surface area contributed by atoms with E-state index < -0.39 is 35.2 Å². The fourth-order valence-corrected chi connectivity index (χ4v) is 6.25. The quantitative estimate of drug-likeness (QED) is 0.145. The molecular formula is C30H18N10O4. The van der Waals surface area contributed by atoms with Crippen molar-refractivity contribution in [3.63, 3.8) is 0 Å². The van der Waals surface area contributed by atoms with Crippen molar-refractivity contribution in [2.24, 2.45) is 21.6 Å². The molecule has 9 rings (SSSR count). The number of aliphatic imine (C=N–C) groups is 2. The highest BCUT2D eigenvalue weighted by Gasteiger charge is 2.59. The number of para-hydroxylation sites is 6. The van der Waals surface area contributed by atoms with Gasteiger partial charge in [-0.1, -0.05) is 36.4 Å². The highest BCUT2D eigenvalue weighted by molar-refractivity contribution is 6.43. The minimum Gasteiger partial charge on any atom is -0.359 e. The van der Waals surface area contributed by atoms with Crippen LogP contribution >= 0.6 is 0 Å². The van der Waals surface area contributed by atoms with Crippen LogP contribution in [-0.2, 0) is 24.8 Å². The van der Waals surface area contributed by atoms with Crippen molar-refractivity contribution in [2.75, 3.05) is 20.4 Å². The number of nitrogens with zero attached hydrogens (tertiary/aromatic N) is 6. The predicted octanol–water partition coefficient (Wildman–Crippen LogP) is 1.38. The van der Waals surface area contributed by atoms with Crippen molar-refractivity contribution >= 4 is 75.0 Å². The molecule has 2 atom stereocenters. The SMILES string of the molecule is NC1(C2C(=O)N=C3Nc4ccccc4N3C2=O)N/C(=C2/C(=O)N=C3Nc4ccccc4N3C2=O)c2nc3ccccc3nc21.